The number of benzene rings is 1. The zero-order valence-corrected chi connectivity index (χ0v) is 14.3. The minimum absolute atomic E-state index is 0.00121. The van der Waals surface area contributed by atoms with E-state index in [0.29, 0.717) is 13.0 Å². The number of thiazole rings is 1. The number of amides is 1. The van der Waals surface area contributed by atoms with E-state index in [1.54, 1.807) is 18.4 Å². The summed E-state index contributed by atoms with van der Waals surface area (Å²) >= 11 is 1.56. The van der Waals surface area contributed by atoms with Gasteiger partial charge in [-0.3, -0.25) is 4.79 Å². The van der Waals surface area contributed by atoms with E-state index in [1.165, 1.54) is 0 Å². The Balaban J connectivity index is 1.95. The van der Waals surface area contributed by atoms with Crippen molar-refractivity contribution in [2.45, 2.75) is 33.7 Å². The Morgan fingerprint density at radius 2 is 1.95 bits per heavy atom. The number of nitrogens with zero attached hydrogens (tertiary/aromatic N) is 1. The van der Waals surface area contributed by atoms with Crippen LogP contribution in [0.5, 0.6) is 5.75 Å². The minimum atomic E-state index is 0.00121. The van der Waals surface area contributed by atoms with Crippen molar-refractivity contribution in [2.75, 3.05) is 7.11 Å². The Morgan fingerprint density at radius 3 is 2.55 bits per heavy atom. The number of aromatic nitrogens is 1. The molecular weight excluding hydrogens is 296 g/mol. The molecule has 4 nitrogen and oxygen atoms in total. The van der Waals surface area contributed by atoms with Gasteiger partial charge in [0.25, 0.3) is 0 Å². The fraction of sp³-hybridized carbons (Fsp3) is 0.412. The van der Waals surface area contributed by atoms with Crippen molar-refractivity contribution in [3.63, 3.8) is 0 Å². The maximum absolute atomic E-state index is 11.8. The van der Waals surface area contributed by atoms with Gasteiger partial charge in [-0.25, -0.2) is 4.98 Å². The predicted octanol–water partition coefficient (Wildman–Crippen LogP) is 3.87. The number of methoxy groups -OCH3 is 1. The quantitative estimate of drug-likeness (QED) is 0.910. The Kier molecular flexibility index (Phi) is 5.19. The summed E-state index contributed by atoms with van der Waals surface area (Å²) in [6, 6.07) is 7.80. The molecule has 22 heavy (non-hydrogen) atoms. The average Bonchev–Trinajstić information content (AvgIpc) is 2.92. The average molecular weight is 318 g/mol. The molecule has 0 atom stereocenters. The summed E-state index contributed by atoms with van der Waals surface area (Å²) in [5, 5.41) is 5.84. The second kappa shape index (κ2) is 6.92. The number of rotatable bonds is 5. The first kappa shape index (κ1) is 16.5. The van der Waals surface area contributed by atoms with Crippen molar-refractivity contribution >= 4 is 17.2 Å². The van der Waals surface area contributed by atoms with Crippen molar-refractivity contribution in [2.24, 2.45) is 5.41 Å². The lowest BCUT2D eigenvalue weighted by atomic mass is 9.92. The molecule has 0 saturated heterocycles. The second-order valence-electron chi connectivity index (χ2n) is 6.37. The maximum atomic E-state index is 11.8. The zero-order valence-electron chi connectivity index (χ0n) is 13.5. The van der Waals surface area contributed by atoms with Gasteiger partial charge in [-0.15, -0.1) is 11.3 Å². The van der Waals surface area contributed by atoms with Crippen LogP contribution in [0.2, 0.25) is 0 Å². The molecule has 2 rings (SSSR count). The number of hydrogen-bond donors (Lipinski definition) is 1. The smallest absolute Gasteiger partial charge is 0.220 e. The number of carbonyl (C=O) groups is 1. The fourth-order valence-electron chi connectivity index (χ4n) is 2.00. The molecule has 0 fully saturated rings. The predicted molar refractivity (Wildman–Crippen MR) is 90.0 cm³/mol. The minimum Gasteiger partial charge on any atom is -0.497 e. The molecule has 0 bridgehead atoms. The molecule has 1 aromatic carbocycles. The number of hydrogen-bond acceptors (Lipinski definition) is 4. The van der Waals surface area contributed by atoms with Gasteiger partial charge >= 0.3 is 0 Å². The van der Waals surface area contributed by atoms with Crippen molar-refractivity contribution in [3.05, 3.63) is 34.7 Å². The molecule has 0 aliphatic carbocycles. The molecule has 5 heteroatoms. The van der Waals surface area contributed by atoms with Crippen LogP contribution in [0.25, 0.3) is 11.3 Å². The van der Waals surface area contributed by atoms with Crippen LogP contribution in [0.4, 0.5) is 0 Å². The van der Waals surface area contributed by atoms with Crippen LogP contribution in [-0.2, 0) is 11.3 Å². The molecule has 1 aromatic heterocycles. The second-order valence-corrected chi connectivity index (χ2v) is 7.31. The lowest BCUT2D eigenvalue weighted by Crippen LogP contribution is -2.27. The lowest BCUT2D eigenvalue weighted by molar-refractivity contribution is -0.122. The summed E-state index contributed by atoms with van der Waals surface area (Å²) in [5.74, 6) is 0.891. The van der Waals surface area contributed by atoms with E-state index < -0.39 is 0 Å². The monoisotopic (exact) mass is 318 g/mol. The number of carbonyl (C=O) groups excluding carboxylic acids is 1. The molecule has 0 radical (unpaired) electrons. The van der Waals surface area contributed by atoms with Crippen molar-refractivity contribution in [1.29, 1.82) is 0 Å². The first-order valence-corrected chi connectivity index (χ1v) is 8.11. The van der Waals surface area contributed by atoms with Crippen LogP contribution in [0.15, 0.2) is 29.6 Å². The van der Waals surface area contributed by atoms with Gasteiger partial charge in [0.1, 0.15) is 10.8 Å². The molecule has 1 heterocycles. The number of ether oxygens (including phenoxy) is 1. The van der Waals surface area contributed by atoms with Crippen LogP contribution >= 0.6 is 11.3 Å². The first-order valence-electron chi connectivity index (χ1n) is 7.23. The fourth-order valence-corrected chi connectivity index (χ4v) is 2.75. The van der Waals surface area contributed by atoms with E-state index >= 15 is 0 Å². The molecule has 2 aromatic rings. The van der Waals surface area contributed by atoms with Crippen LogP contribution in [0.1, 0.15) is 32.2 Å². The van der Waals surface area contributed by atoms with Gasteiger partial charge < -0.3 is 10.1 Å². The highest BCUT2D eigenvalue weighted by Crippen LogP contribution is 2.24. The highest BCUT2D eigenvalue weighted by molar-refractivity contribution is 7.09. The third-order valence-corrected chi connectivity index (χ3v) is 3.91. The Hall–Kier alpha value is -1.88. The van der Waals surface area contributed by atoms with Gasteiger partial charge in [-0.05, 0) is 29.7 Å². The molecule has 0 spiro atoms. The van der Waals surface area contributed by atoms with E-state index in [0.717, 1.165) is 22.0 Å². The zero-order chi connectivity index (χ0) is 16.2. The van der Waals surface area contributed by atoms with E-state index in [4.69, 9.17) is 4.74 Å². The summed E-state index contributed by atoms with van der Waals surface area (Å²) in [4.78, 5) is 16.4. The number of nitrogens with one attached hydrogen (secondary N) is 1. The van der Waals surface area contributed by atoms with Crippen molar-refractivity contribution in [1.82, 2.24) is 10.3 Å². The molecule has 1 amide bonds. The van der Waals surface area contributed by atoms with E-state index in [-0.39, 0.29) is 11.3 Å². The third kappa shape index (κ3) is 4.84. The van der Waals surface area contributed by atoms with Gasteiger partial charge in [0, 0.05) is 17.4 Å². The highest BCUT2D eigenvalue weighted by Gasteiger charge is 2.16. The molecule has 0 aliphatic rings. The van der Waals surface area contributed by atoms with Crippen LogP contribution in [0, 0.1) is 5.41 Å². The summed E-state index contributed by atoms with van der Waals surface area (Å²) in [6.07, 6.45) is 0.518. The van der Waals surface area contributed by atoms with Gasteiger partial charge in [0.05, 0.1) is 19.3 Å². The first-order chi connectivity index (χ1) is 10.4. The normalized spacial score (nSPS) is 11.3. The molecule has 0 saturated carbocycles. The van der Waals surface area contributed by atoms with Gasteiger partial charge in [-0.1, -0.05) is 20.8 Å². The van der Waals surface area contributed by atoms with Crippen molar-refractivity contribution in [3.8, 4) is 17.0 Å². The molecule has 1 N–H and O–H groups in total. The van der Waals surface area contributed by atoms with Crippen LogP contribution in [-0.4, -0.2) is 18.0 Å². The van der Waals surface area contributed by atoms with Gasteiger partial charge in [0.15, 0.2) is 0 Å². The SMILES string of the molecule is COc1ccc(-c2csc(CNC(=O)CC(C)(C)C)n2)cc1. The van der Waals surface area contributed by atoms with Gasteiger partial charge in [0.2, 0.25) is 5.91 Å². The standard InChI is InChI=1S/C17H22N2O2S/c1-17(2,3)9-15(20)18-10-16-19-14(11-22-16)12-5-7-13(21-4)8-6-12/h5-8,11H,9-10H2,1-4H3,(H,18,20). The van der Waals surface area contributed by atoms with E-state index in [9.17, 15) is 4.79 Å². The summed E-state index contributed by atoms with van der Waals surface area (Å²) in [7, 11) is 1.65. The molecular formula is C17H22N2O2S. The molecule has 0 aliphatic heterocycles. The third-order valence-electron chi connectivity index (χ3n) is 3.07. The largest absolute Gasteiger partial charge is 0.497 e. The summed E-state index contributed by atoms with van der Waals surface area (Å²) in [6.45, 7) is 6.64. The lowest BCUT2D eigenvalue weighted by Gasteiger charge is -2.16. The Labute approximate surface area is 135 Å². The molecule has 0 unspecified atom stereocenters. The summed E-state index contributed by atoms with van der Waals surface area (Å²) in [5.41, 5.74) is 1.97. The van der Waals surface area contributed by atoms with Gasteiger partial charge in [-0.2, -0.15) is 0 Å². The summed E-state index contributed by atoms with van der Waals surface area (Å²) < 4.78 is 5.15. The maximum Gasteiger partial charge on any atom is 0.220 e. The molecule has 118 valence electrons. The topological polar surface area (TPSA) is 51.2 Å². The highest BCUT2D eigenvalue weighted by atomic mass is 32.1. The van der Waals surface area contributed by atoms with E-state index in [2.05, 4.69) is 31.1 Å². The van der Waals surface area contributed by atoms with E-state index in [1.807, 2.05) is 29.6 Å². The van der Waals surface area contributed by atoms with Crippen molar-refractivity contribution < 1.29 is 9.53 Å². The Morgan fingerprint density at radius 1 is 1.27 bits per heavy atom. The Bertz CT molecular complexity index is 627. The van der Waals surface area contributed by atoms with Crippen LogP contribution < -0.4 is 10.1 Å². The van der Waals surface area contributed by atoms with Crippen LogP contribution in [0.3, 0.4) is 0 Å².